The maximum absolute atomic E-state index is 12.8. The maximum atomic E-state index is 12.8. The number of benzene rings is 1. The average molecular weight is 248 g/mol. The lowest BCUT2D eigenvalue weighted by Gasteiger charge is -2.13. The van der Waals surface area contributed by atoms with Crippen LogP contribution in [0, 0.1) is 5.82 Å². The fraction of sp³-hybridized carbons (Fsp3) is 0.231. The molecule has 94 valence electrons. The van der Waals surface area contributed by atoms with Crippen molar-refractivity contribution in [2.45, 2.75) is 6.29 Å². The molecule has 5 heteroatoms. The van der Waals surface area contributed by atoms with E-state index in [2.05, 4.69) is 9.97 Å². The molecule has 1 aromatic heterocycles. The number of halogens is 1. The van der Waals surface area contributed by atoms with Gasteiger partial charge in [-0.1, -0.05) is 0 Å². The fourth-order valence-electron chi connectivity index (χ4n) is 1.58. The predicted molar refractivity (Wildman–Crippen MR) is 64.2 cm³/mol. The van der Waals surface area contributed by atoms with Crippen molar-refractivity contribution in [2.24, 2.45) is 0 Å². The Hall–Kier alpha value is -1.85. The third-order valence-electron chi connectivity index (χ3n) is 2.45. The van der Waals surface area contributed by atoms with Crippen molar-refractivity contribution in [3.05, 3.63) is 48.0 Å². The third kappa shape index (κ3) is 2.69. The Morgan fingerprint density at radius 1 is 1.06 bits per heavy atom. The first-order chi connectivity index (χ1) is 8.74. The largest absolute Gasteiger partial charge is 0.350 e. The normalized spacial score (nSPS) is 10.9. The summed E-state index contributed by atoms with van der Waals surface area (Å²) < 4.78 is 23.1. The van der Waals surface area contributed by atoms with Gasteiger partial charge < -0.3 is 9.47 Å². The van der Waals surface area contributed by atoms with Crippen LogP contribution in [0.5, 0.6) is 0 Å². The summed E-state index contributed by atoms with van der Waals surface area (Å²) in [6.07, 6.45) is 1.08. The van der Waals surface area contributed by atoms with E-state index in [9.17, 15) is 4.39 Å². The van der Waals surface area contributed by atoms with Crippen LogP contribution in [0.4, 0.5) is 4.39 Å². The van der Waals surface area contributed by atoms with Gasteiger partial charge in [-0.25, -0.2) is 14.4 Å². The Balaban J connectivity index is 2.34. The van der Waals surface area contributed by atoms with E-state index in [-0.39, 0.29) is 5.82 Å². The van der Waals surface area contributed by atoms with Gasteiger partial charge in [-0.2, -0.15) is 0 Å². The van der Waals surface area contributed by atoms with Crippen LogP contribution >= 0.6 is 0 Å². The molecular formula is C13H13FN2O2. The number of rotatable bonds is 4. The molecule has 0 aliphatic rings. The van der Waals surface area contributed by atoms with E-state index in [4.69, 9.17) is 9.47 Å². The average Bonchev–Trinajstić information content (AvgIpc) is 2.41. The van der Waals surface area contributed by atoms with Crippen LogP contribution in [-0.2, 0) is 9.47 Å². The lowest BCUT2D eigenvalue weighted by molar-refractivity contribution is -0.108. The second kappa shape index (κ2) is 5.66. The van der Waals surface area contributed by atoms with Crippen molar-refractivity contribution in [3.63, 3.8) is 0 Å². The highest BCUT2D eigenvalue weighted by atomic mass is 19.1. The molecule has 0 unspecified atom stereocenters. The highest BCUT2D eigenvalue weighted by Crippen LogP contribution is 2.19. The first-order valence-electron chi connectivity index (χ1n) is 5.39. The van der Waals surface area contributed by atoms with Crippen LogP contribution in [0.3, 0.4) is 0 Å². The van der Waals surface area contributed by atoms with Gasteiger partial charge in [0.05, 0.1) is 0 Å². The maximum Gasteiger partial charge on any atom is 0.200 e. The van der Waals surface area contributed by atoms with Crippen LogP contribution < -0.4 is 0 Å². The first-order valence-corrected chi connectivity index (χ1v) is 5.39. The lowest BCUT2D eigenvalue weighted by Crippen LogP contribution is -2.07. The summed E-state index contributed by atoms with van der Waals surface area (Å²) in [5, 5.41) is 0. The molecule has 0 aliphatic heterocycles. The Bertz CT molecular complexity index is 513. The SMILES string of the molecule is COC(OC)c1ccnc(-c2ccc(F)cc2)n1. The summed E-state index contributed by atoms with van der Waals surface area (Å²) in [5.41, 5.74) is 1.36. The quantitative estimate of drug-likeness (QED) is 0.780. The molecule has 0 amide bonds. The second-order valence-electron chi connectivity index (χ2n) is 3.62. The zero-order valence-electron chi connectivity index (χ0n) is 10.1. The number of hydrogen-bond donors (Lipinski definition) is 0. The zero-order chi connectivity index (χ0) is 13.0. The molecule has 1 aromatic carbocycles. The summed E-state index contributed by atoms with van der Waals surface area (Å²) in [7, 11) is 3.07. The Morgan fingerprint density at radius 3 is 2.33 bits per heavy atom. The van der Waals surface area contributed by atoms with Crippen molar-refractivity contribution in [1.82, 2.24) is 9.97 Å². The van der Waals surface area contributed by atoms with Gasteiger partial charge in [0.2, 0.25) is 6.29 Å². The molecule has 1 heterocycles. The Labute approximate surface area is 104 Å². The second-order valence-corrected chi connectivity index (χ2v) is 3.62. The van der Waals surface area contributed by atoms with Gasteiger partial charge in [0, 0.05) is 26.0 Å². The molecule has 0 saturated heterocycles. The Morgan fingerprint density at radius 2 is 1.72 bits per heavy atom. The third-order valence-corrected chi connectivity index (χ3v) is 2.45. The van der Waals surface area contributed by atoms with Crippen molar-refractivity contribution >= 4 is 0 Å². The van der Waals surface area contributed by atoms with E-state index in [0.717, 1.165) is 5.56 Å². The first kappa shape index (κ1) is 12.6. The summed E-state index contributed by atoms with van der Waals surface area (Å²) >= 11 is 0. The van der Waals surface area contributed by atoms with Gasteiger partial charge in [0.15, 0.2) is 5.82 Å². The van der Waals surface area contributed by atoms with E-state index >= 15 is 0 Å². The minimum atomic E-state index is -0.535. The summed E-state index contributed by atoms with van der Waals surface area (Å²) in [6.45, 7) is 0. The van der Waals surface area contributed by atoms with Crippen LogP contribution in [0.15, 0.2) is 36.5 Å². The van der Waals surface area contributed by atoms with Gasteiger partial charge in [0.25, 0.3) is 0 Å². The van der Waals surface area contributed by atoms with Gasteiger partial charge in [-0.3, -0.25) is 0 Å². The van der Waals surface area contributed by atoms with Crippen LogP contribution in [0.2, 0.25) is 0 Å². The van der Waals surface area contributed by atoms with Gasteiger partial charge in [-0.15, -0.1) is 0 Å². The van der Waals surface area contributed by atoms with E-state index in [1.165, 1.54) is 26.4 Å². The molecule has 18 heavy (non-hydrogen) atoms. The molecule has 2 rings (SSSR count). The van der Waals surface area contributed by atoms with Gasteiger partial charge in [-0.05, 0) is 30.3 Å². The monoisotopic (exact) mass is 248 g/mol. The molecule has 4 nitrogen and oxygen atoms in total. The topological polar surface area (TPSA) is 44.2 Å². The van der Waals surface area contributed by atoms with E-state index in [0.29, 0.717) is 11.5 Å². The molecule has 0 radical (unpaired) electrons. The fourth-order valence-corrected chi connectivity index (χ4v) is 1.58. The smallest absolute Gasteiger partial charge is 0.200 e. The lowest BCUT2D eigenvalue weighted by atomic mass is 10.2. The van der Waals surface area contributed by atoms with E-state index in [1.807, 2.05) is 0 Å². The summed E-state index contributed by atoms with van der Waals surface area (Å²) in [5.74, 6) is 0.216. The highest BCUT2D eigenvalue weighted by molar-refractivity contribution is 5.54. The Kier molecular flexibility index (Phi) is 3.96. The van der Waals surface area contributed by atoms with Crippen molar-refractivity contribution < 1.29 is 13.9 Å². The molecule has 2 aromatic rings. The zero-order valence-corrected chi connectivity index (χ0v) is 10.1. The molecule has 0 aliphatic carbocycles. The molecule has 0 N–H and O–H groups in total. The molecule has 0 atom stereocenters. The van der Waals surface area contributed by atoms with Crippen molar-refractivity contribution in [1.29, 1.82) is 0 Å². The minimum absolute atomic E-state index is 0.290. The molecule has 0 bridgehead atoms. The van der Waals surface area contributed by atoms with Crippen LogP contribution in [-0.4, -0.2) is 24.2 Å². The number of ether oxygens (including phenoxy) is 2. The molecule has 0 spiro atoms. The highest BCUT2D eigenvalue weighted by Gasteiger charge is 2.12. The van der Waals surface area contributed by atoms with Gasteiger partial charge in [0.1, 0.15) is 11.5 Å². The van der Waals surface area contributed by atoms with Crippen molar-refractivity contribution in [2.75, 3.05) is 14.2 Å². The van der Waals surface area contributed by atoms with Gasteiger partial charge >= 0.3 is 0 Å². The number of hydrogen-bond acceptors (Lipinski definition) is 4. The number of nitrogens with zero attached hydrogens (tertiary/aromatic N) is 2. The molecular weight excluding hydrogens is 235 g/mol. The number of aromatic nitrogens is 2. The summed E-state index contributed by atoms with van der Waals surface area (Å²) in [6, 6.07) is 7.71. The standard InChI is InChI=1S/C13H13FN2O2/c1-17-13(18-2)11-7-8-15-12(16-11)9-3-5-10(14)6-4-9/h3-8,13H,1-2H3. The molecule has 0 saturated carbocycles. The van der Waals surface area contributed by atoms with Crippen molar-refractivity contribution in [3.8, 4) is 11.4 Å². The molecule has 0 fully saturated rings. The minimum Gasteiger partial charge on any atom is -0.350 e. The number of methoxy groups -OCH3 is 2. The van der Waals surface area contributed by atoms with Crippen LogP contribution in [0.1, 0.15) is 12.0 Å². The predicted octanol–water partition coefficient (Wildman–Crippen LogP) is 2.57. The van der Waals surface area contributed by atoms with E-state index in [1.54, 1.807) is 24.4 Å². The summed E-state index contributed by atoms with van der Waals surface area (Å²) in [4.78, 5) is 8.48. The van der Waals surface area contributed by atoms with E-state index < -0.39 is 6.29 Å². The van der Waals surface area contributed by atoms with Crippen LogP contribution in [0.25, 0.3) is 11.4 Å².